The predicted molar refractivity (Wildman–Crippen MR) is 75.5 cm³/mol. The molecule has 2 N–H and O–H groups in total. The van der Waals surface area contributed by atoms with Crippen LogP contribution in [0.3, 0.4) is 0 Å². The molecule has 1 aromatic carbocycles. The van der Waals surface area contributed by atoms with E-state index in [2.05, 4.69) is 9.72 Å². The molecule has 0 radical (unpaired) electrons. The summed E-state index contributed by atoms with van der Waals surface area (Å²) in [5, 5.41) is 0. The summed E-state index contributed by atoms with van der Waals surface area (Å²) in [4.78, 5) is 15.4. The van der Waals surface area contributed by atoms with Crippen LogP contribution in [0.25, 0.3) is 0 Å². The molecular weight excluding hydrogens is 256 g/mol. The Bertz CT molecular complexity index is 609. The zero-order chi connectivity index (χ0) is 14.5. The fraction of sp³-hybridized carbons (Fsp3) is 0.200. The van der Waals surface area contributed by atoms with Gasteiger partial charge in [0.25, 0.3) is 0 Å². The average molecular weight is 272 g/mol. The van der Waals surface area contributed by atoms with Gasteiger partial charge in [-0.25, -0.2) is 4.79 Å². The monoisotopic (exact) mass is 272 g/mol. The third-order valence-electron chi connectivity index (χ3n) is 2.83. The van der Waals surface area contributed by atoms with E-state index >= 15 is 0 Å². The van der Waals surface area contributed by atoms with Crippen molar-refractivity contribution in [3.63, 3.8) is 0 Å². The number of hydrogen-bond donors (Lipinski definition) is 1. The summed E-state index contributed by atoms with van der Waals surface area (Å²) in [5.41, 5.74) is 8.51. The van der Waals surface area contributed by atoms with E-state index in [0.717, 1.165) is 17.0 Å². The van der Waals surface area contributed by atoms with Gasteiger partial charge in [0.05, 0.1) is 18.4 Å². The Kier molecular flexibility index (Phi) is 4.20. The number of methoxy groups -OCH3 is 1. The van der Waals surface area contributed by atoms with Crippen LogP contribution in [0.15, 0.2) is 36.5 Å². The fourth-order valence-electron chi connectivity index (χ4n) is 1.67. The van der Waals surface area contributed by atoms with E-state index < -0.39 is 5.97 Å². The van der Waals surface area contributed by atoms with Crippen LogP contribution in [0.2, 0.25) is 0 Å². The Labute approximate surface area is 117 Å². The van der Waals surface area contributed by atoms with Crippen molar-refractivity contribution in [2.75, 3.05) is 12.8 Å². The van der Waals surface area contributed by atoms with E-state index in [1.165, 1.54) is 13.3 Å². The maximum atomic E-state index is 11.3. The Morgan fingerprint density at radius 2 is 2.10 bits per heavy atom. The topological polar surface area (TPSA) is 74.4 Å². The molecule has 0 bridgehead atoms. The Morgan fingerprint density at radius 3 is 2.75 bits per heavy atom. The molecule has 2 aromatic rings. The average Bonchev–Trinajstić information content (AvgIpc) is 2.48. The van der Waals surface area contributed by atoms with Crippen molar-refractivity contribution in [3.05, 3.63) is 53.3 Å². The third kappa shape index (κ3) is 3.26. The number of nitrogens with zero attached hydrogens (tertiary/aromatic N) is 1. The zero-order valence-electron chi connectivity index (χ0n) is 11.4. The van der Waals surface area contributed by atoms with E-state index in [9.17, 15) is 4.79 Å². The maximum Gasteiger partial charge on any atom is 0.339 e. The summed E-state index contributed by atoms with van der Waals surface area (Å²) in [6.07, 6.45) is 1.47. The Hall–Kier alpha value is -2.56. The number of nitrogen functional groups attached to an aromatic ring is 1. The van der Waals surface area contributed by atoms with Crippen LogP contribution in [0.4, 0.5) is 5.69 Å². The molecule has 2 rings (SSSR count). The molecule has 20 heavy (non-hydrogen) atoms. The molecule has 0 fully saturated rings. The minimum atomic E-state index is -0.406. The normalized spacial score (nSPS) is 10.1. The first-order valence-corrected chi connectivity index (χ1v) is 6.12. The van der Waals surface area contributed by atoms with Gasteiger partial charge in [0.2, 0.25) is 0 Å². The molecular formula is C15H16N2O3. The van der Waals surface area contributed by atoms with Gasteiger partial charge in [0, 0.05) is 18.0 Å². The van der Waals surface area contributed by atoms with Crippen molar-refractivity contribution in [2.45, 2.75) is 13.5 Å². The highest BCUT2D eigenvalue weighted by Crippen LogP contribution is 2.21. The quantitative estimate of drug-likeness (QED) is 0.683. The van der Waals surface area contributed by atoms with Gasteiger partial charge in [-0.1, -0.05) is 6.07 Å². The highest BCUT2D eigenvalue weighted by molar-refractivity contribution is 5.88. The molecule has 0 aliphatic rings. The Morgan fingerprint density at radius 1 is 1.30 bits per heavy atom. The standard InChI is InChI=1S/C15H16N2O3/c1-10-3-5-12(16)7-14(10)20-9-13-6-4-11(8-17-13)15(18)19-2/h3-8H,9,16H2,1-2H3. The van der Waals surface area contributed by atoms with Crippen LogP contribution in [0.1, 0.15) is 21.6 Å². The molecule has 1 aromatic heterocycles. The van der Waals surface area contributed by atoms with Gasteiger partial charge in [-0.05, 0) is 30.7 Å². The number of carbonyl (C=O) groups excluding carboxylic acids is 1. The number of pyridine rings is 1. The van der Waals surface area contributed by atoms with Gasteiger partial charge >= 0.3 is 5.97 Å². The number of rotatable bonds is 4. The molecule has 0 aliphatic carbocycles. The lowest BCUT2D eigenvalue weighted by Crippen LogP contribution is -2.04. The van der Waals surface area contributed by atoms with Crippen molar-refractivity contribution >= 4 is 11.7 Å². The summed E-state index contributed by atoms with van der Waals surface area (Å²) in [6.45, 7) is 2.26. The summed E-state index contributed by atoms with van der Waals surface area (Å²) in [5.74, 6) is 0.320. The lowest BCUT2D eigenvalue weighted by Gasteiger charge is -2.09. The molecule has 5 heteroatoms. The highest BCUT2D eigenvalue weighted by Gasteiger charge is 2.06. The minimum Gasteiger partial charge on any atom is -0.487 e. The first-order chi connectivity index (χ1) is 9.60. The number of carbonyl (C=O) groups is 1. The van der Waals surface area contributed by atoms with Crippen LogP contribution in [0.5, 0.6) is 5.75 Å². The van der Waals surface area contributed by atoms with Gasteiger partial charge in [0.15, 0.2) is 0 Å². The third-order valence-corrected chi connectivity index (χ3v) is 2.83. The summed E-state index contributed by atoms with van der Waals surface area (Å²) < 4.78 is 10.3. The van der Waals surface area contributed by atoms with Crippen LogP contribution in [0, 0.1) is 6.92 Å². The zero-order valence-corrected chi connectivity index (χ0v) is 11.4. The number of nitrogens with two attached hydrogens (primary N) is 1. The molecule has 104 valence electrons. The second kappa shape index (κ2) is 6.06. The summed E-state index contributed by atoms with van der Waals surface area (Å²) in [6, 6.07) is 8.89. The number of aromatic nitrogens is 1. The lowest BCUT2D eigenvalue weighted by molar-refractivity contribution is 0.0600. The van der Waals surface area contributed by atoms with Crippen LogP contribution >= 0.6 is 0 Å². The van der Waals surface area contributed by atoms with Gasteiger partial charge in [-0.3, -0.25) is 4.98 Å². The predicted octanol–water partition coefficient (Wildman–Crippen LogP) is 2.34. The van der Waals surface area contributed by atoms with Gasteiger partial charge in [-0.15, -0.1) is 0 Å². The van der Waals surface area contributed by atoms with Gasteiger partial charge < -0.3 is 15.2 Å². The minimum absolute atomic E-state index is 0.311. The molecule has 0 spiro atoms. The van der Waals surface area contributed by atoms with Crippen molar-refractivity contribution in [2.24, 2.45) is 0 Å². The number of ether oxygens (including phenoxy) is 2. The number of anilines is 1. The van der Waals surface area contributed by atoms with Gasteiger partial charge in [0.1, 0.15) is 12.4 Å². The second-order valence-corrected chi connectivity index (χ2v) is 4.34. The molecule has 1 heterocycles. The SMILES string of the molecule is COC(=O)c1ccc(COc2cc(N)ccc2C)nc1. The molecule has 0 unspecified atom stereocenters. The van der Waals surface area contributed by atoms with Crippen LogP contribution < -0.4 is 10.5 Å². The molecule has 0 saturated heterocycles. The van der Waals surface area contributed by atoms with E-state index in [0.29, 0.717) is 17.9 Å². The largest absolute Gasteiger partial charge is 0.487 e. The van der Waals surface area contributed by atoms with Crippen LogP contribution in [-0.4, -0.2) is 18.1 Å². The molecule has 0 saturated carbocycles. The second-order valence-electron chi connectivity index (χ2n) is 4.34. The van der Waals surface area contributed by atoms with Crippen molar-refractivity contribution in [1.82, 2.24) is 4.98 Å². The lowest BCUT2D eigenvalue weighted by atomic mass is 10.2. The number of esters is 1. The van der Waals surface area contributed by atoms with E-state index in [1.807, 2.05) is 19.1 Å². The van der Waals surface area contributed by atoms with E-state index in [-0.39, 0.29) is 0 Å². The van der Waals surface area contributed by atoms with Crippen LogP contribution in [-0.2, 0) is 11.3 Å². The van der Waals surface area contributed by atoms with Crippen molar-refractivity contribution < 1.29 is 14.3 Å². The number of aryl methyl sites for hydroxylation is 1. The van der Waals surface area contributed by atoms with Crippen molar-refractivity contribution in [1.29, 1.82) is 0 Å². The van der Waals surface area contributed by atoms with E-state index in [4.69, 9.17) is 10.5 Å². The molecule has 5 nitrogen and oxygen atoms in total. The first-order valence-electron chi connectivity index (χ1n) is 6.12. The van der Waals surface area contributed by atoms with Crippen molar-refractivity contribution in [3.8, 4) is 5.75 Å². The van der Waals surface area contributed by atoms with Gasteiger partial charge in [-0.2, -0.15) is 0 Å². The molecule has 0 amide bonds. The molecule has 0 atom stereocenters. The van der Waals surface area contributed by atoms with E-state index in [1.54, 1.807) is 18.2 Å². The Balaban J connectivity index is 2.04. The first kappa shape index (κ1) is 13.9. The fourth-order valence-corrected chi connectivity index (χ4v) is 1.67. The maximum absolute atomic E-state index is 11.3. The smallest absolute Gasteiger partial charge is 0.339 e. The highest BCUT2D eigenvalue weighted by atomic mass is 16.5. The molecule has 0 aliphatic heterocycles. The number of benzene rings is 1. The summed E-state index contributed by atoms with van der Waals surface area (Å²) in [7, 11) is 1.34. The summed E-state index contributed by atoms with van der Waals surface area (Å²) >= 11 is 0. The number of hydrogen-bond acceptors (Lipinski definition) is 5.